The lowest BCUT2D eigenvalue weighted by Gasteiger charge is -2.50. The van der Waals surface area contributed by atoms with Crippen LogP contribution < -0.4 is 24.3 Å². The van der Waals surface area contributed by atoms with Crippen LogP contribution in [0.1, 0.15) is 18.0 Å². The van der Waals surface area contributed by atoms with Gasteiger partial charge in [0.05, 0.1) is 54.8 Å². The summed E-state index contributed by atoms with van der Waals surface area (Å²) in [6.07, 6.45) is 0.634. The highest BCUT2D eigenvalue weighted by Gasteiger charge is 2.72. The molecule has 3 aromatic rings. The first-order chi connectivity index (χ1) is 23.2. The van der Waals surface area contributed by atoms with E-state index < -0.39 is 28.8 Å². The number of nitro groups is 1. The van der Waals surface area contributed by atoms with Gasteiger partial charge in [-0.3, -0.25) is 29.4 Å². The molecule has 48 heavy (non-hydrogen) atoms. The van der Waals surface area contributed by atoms with Crippen molar-refractivity contribution in [2.75, 3.05) is 43.1 Å². The topological polar surface area (TPSA) is 150 Å². The van der Waals surface area contributed by atoms with Crippen LogP contribution in [0, 0.1) is 33.8 Å². The number of β-lactam (4-membered cyclic amide) rings is 1. The van der Waals surface area contributed by atoms with Crippen LogP contribution in [0.2, 0.25) is 0 Å². The summed E-state index contributed by atoms with van der Waals surface area (Å²) in [5.74, 6) is -1.86. The van der Waals surface area contributed by atoms with Crippen molar-refractivity contribution in [2.24, 2.45) is 34.0 Å². The van der Waals surface area contributed by atoms with Gasteiger partial charge in [-0.15, -0.1) is 0 Å². The first kappa shape index (κ1) is 29.8. The third-order valence-electron chi connectivity index (χ3n) is 10.8. The second-order valence-corrected chi connectivity index (χ2v) is 13.1. The highest BCUT2D eigenvalue weighted by Crippen LogP contribution is 2.61. The van der Waals surface area contributed by atoms with Gasteiger partial charge in [0.25, 0.3) is 11.6 Å². The highest BCUT2D eigenvalue weighted by molar-refractivity contribution is 6.15. The smallest absolute Gasteiger partial charge is 0.269 e. The van der Waals surface area contributed by atoms with Crippen molar-refractivity contribution in [1.82, 2.24) is 4.90 Å². The molecule has 0 spiro atoms. The first-order valence-electron chi connectivity index (χ1n) is 15.8. The van der Waals surface area contributed by atoms with E-state index in [9.17, 15) is 24.5 Å². The highest BCUT2D eigenvalue weighted by atomic mass is 16.6. The van der Waals surface area contributed by atoms with Gasteiger partial charge in [-0.1, -0.05) is 17.4 Å². The van der Waals surface area contributed by atoms with Crippen LogP contribution in [0.15, 0.2) is 77.1 Å². The number of imide groups is 1. The Hall–Kier alpha value is -5.53. The lowest BCUT2D eigenvalue weighted by atomic mass is 9.76. The summed E-state index contributed by atoms with van der Waals surface area (Å²) in [6, 6.07) is 16.6. The molecular weight excluding hydrogens is 618 g/mol. The van der Waals surface area contributed by atoms with E-state index in [1.165, 1.54) is 31.3 Å². The van der Waals surface area contributed by atoms with E-state index >= 15 is 0 Å². The van der Waals surface area contributed by atoms with Crippen molar-refractivity contribution in [2.45, 2.75) is 30.6 Å². The molecule has 2 bridgehead atoms. The molecule has 3 heterocycles. The Bertz CT molecular complexity index is 1880. The van der Waals surface area contributed by atoms with E-state index in [0.29, 0.717) is 34.9 Å². The number of hydrogen-bond acceptors (Lipinski definition) is 11. The van der Waals surface area contributed by atoms with E-state index in [-0.39, 0.29) is 47.3 Å². The maximum absolute atomic E-state index is 14.5. The van der Waals surface area contributed by atoms with E-state index in [1.54, 1.807) is 34.2 Å². The van der Waals surface area contributed by atoms with Gasteiger partial charge < -0.3 is 19.3 Å². The number of amides is 3. The van der Waals surface area contributed by atoms with E-state index in [1.807, 2.05) is 49.3 Å². The van der Waals surface area contributed by atoms with Crippen molar-refractivity contribution in [3.8, 4) is 11.5 Å². The molecule has 8 unspecified atom stereocenters. The minimum absolute atomic E-state index is 0.0401. The lowest BCUT2D eigenvalue weighted by Crippen LogP contribution is -2.67. The Balaban J connectivity index is 1.14. The summed E-state index contributed by atoms with van der Waals surface area (Å²) in [6.45, 7) is 0. The van der Waals surface area contributed by atoms with Crippen LogP contribution in [0.5, 0.6) is 11.5 Å². The van der Waals surface area contributed by atoms with Gasteiger partial charge in [0, 0.05) is 43.2 Å². The van der Waals surface area contributed by atoms with Crippen LogP contribution in [-0.4, -0.2) is 74.0 Å². The van der Waals surface area contributed by atoms with Crippen LogP contribution in [0.25, 0.3) is 0 Å². The molecule has 3 amide bonds. The van der Waals surface area contributed by atoms with Gasteiger partial charge in [-0.05, 0) is 60.7 Å². The van der Waals surface area contributed by atoms with Gasteiger partial charge in [0.1, 0.15) is 6.04 Å². The molecule has 0 N–H and O–H groups in total. The summed E-state index contributed by atoms with van der Waals surface area (Å²) in [5.41, 5.74) is 2.79. The molecule has 14 nitrogen and oxygen atoms in total. The molecule has 8 rings (SSSR count). The number of anilines is 3. The van der Waals surface area contributed by atoms with Crippen molar-refractivity contribution in [1.29, 1.82) is 0 Å². The molecule has 0 radical (unpaired) electrons. The van der Waals surface area contributed by atoms with E-state index in [4.69, 9.17) is 9.47 Å². The van der Waals surface area contributed by atoms with Crippen LogP contribution in [0.3, 0.4) is 0 Å². The zero-order chi connectivity index (χ0) is 33.6. The van der Waals surface area contributed by atoms with Crippen LogP contribution in [0.4, 0.5) is 22.7 Å². The summed E-state index contributed by atoms with van der Waals surface area (Å²) in [5, 5.41) is 21.9. The molecule has 4 fully saturated rings. The number of benzene rings is 3. The fraction of sp³-hybridized carbons (Fsp3) is 0.382. The molecule has 3 aromatic carbocycles. The molecule has 0 aromatic heterocycles. The third-order valence-corrected chi connectivity index (χ3v) is 10.8. The third kappa shape index (κ3) is 4.00. The lowest BCUT2D eigenvalue weighted by molar-refractivity contribution is -0.384. The number of methoxy groups -OCH3 is 2. The molecule has 2 saturated carbocycles. The molecule has 246 valence electrons. The largest absolute Gasteiger partial charge is 0.493 e. The number of carbonyl (C=O) groups excluding carboxylic acids is 3. The fourth-order valence-electron chi connectivity index (χ4n) is 8.71. The quantitative estimate of drug-likeness (QED) is 0.152. The van der Waals surface area contributed by atoms with Crippen molar-refractivity contribution in [3.63, 3.8) is 0 Å². The Labute approximate surface area is 275 Å². The molecule has 14 heteroatoms. The monoisotopic (exact) mass is 651 g/mol. The number of non-ortho nitro benzene ring substituents is 1. The standard InChI is InChI=1S/C34H33N7O7/c1-37(2)17-8-10-18(11-9-17)38-29(21-6-5-7-24(47-3)31(21)48-4)30(34(38)44)39-32(42)25-22-16-23(26(25)33(39)43)28-27(22)35-36-40(28)19-12-14-20(15-13-19)41(45)46/h5-15,22-23,25-30H,16H2,1-4H3. The average Bonchev–Trinajstić information content (AvgIpc) is 3.85. The second-order valence-electron chi connectivity index (χ2n) is 13.1. The molecule has 3 aliphatic heterocycles. The zero-order valence-electron chi connectivity index (χ0n) is 26.7. The van der Waals surface area contributed by atoms with Crippen molar-refractivity contribution in [3.05, 3.63) is 82.4 Å². The van der Waals surface area contributed by atoms with Crippen molar-refractivity contribution >= 4 is 40.5 Å². The average molecular weight is 652 g/mol. The Morgan fingerprint density at radius 2 is 1.48 bits per heavy atom. The minimum Gasteiger partial charge on any atom is -0.493 e. The SMILES string of the molecule is COc1cccc(C2C(N3C(=O)C4C5CC(C4C3=O)C3C5N=NN3c3ccc([N+](=O)[O-])cc3)C(=O)N2c2ccc(N(C)C)cc2)c1OC. The van der Waals surface area contributed by atoms with Gasteiger partial charge in [-0.25, -0.2) is 5.01 Å². The first-order valence-corrected chi connectivity index (χ1v) is 15.8. The number of nitrogens with zero attached hydrogens (tertiary/aromatic N) is 7. The normalized spacial score (nSPS) is 29.7. The summed E-state index contributed by atoms with van der Waals surface area (Å²) >= 11 is 0. The van der Waals surface area contributed by atoms with Crippen LogP contribution >= 0.6 is 0 Å². The zero-order valence-corrected chi connectivity index (χ0v) is 26.7. The summed E-state index contributed by atoms with van der Waals surface area (Å²) < 4.78 is 11.4. The fourth-order valence-corrected chi connectivity index (χ4v) is 8.71. The minimum atomic E-state index is -1.07. The number of nitro benzene ring substituents is 1. The Kier molecular flexibility index (Phi) is 6.69. The van der Waals surface area contributed by atoms with Gasteiger partial charge >= 0.3 is 0 Å². The number of carbonyl (C=O) groups is 3. The molecule has 2 saturated heterocycles. The molecule has 2 aliphatic carbocycles. The predicted molar refractivity (Wildman–Crippen MR) is 173 cm³/mol. The molecule has 8 atom stereocenters. The van der Waals surface area contributed by atoms with Gasteiger partial charge in [0.15, 0.2) is 11.5 Å². The van der Waals surface area contributed by atoms with Gasteiger partial charge in [-0.2, -0.15) is 5.11 Å². The number of ether oxygens (including phenoxy) is 2. The maximum atomic E-state index is 14.5. The Morgan fingerprint density at radius 1 is 0.812 bits per heavy atom. The Morgan fingerprint density at radius 3 is 2.10 bits per heavy atom. The molecule has 5 aliphatic rings. The predicted octanol–water partition coefficient (Wildman–Crippen LogP) is 4.01. The number of rotatable bonds is 8. The second kappa shape index (κ2) is 10.8. The summed E-state index contributed by atoms with van der Waals surface area (Å²) in [7, 11) is 6.91. The number of para-hydroxylation sites is 1. The van der Waals surface area contributed by atoms with Crippen molar-refractivity contribution < 1.29 is 28.8 Å². The maximum Gasteiger partial charge on any atom is 0.269 e. The number of likely N-dealkylation sites (tertiary alicyclic amines) is 1. The van der Waals surface area contributed by atoms with Crippen LogP contribution in [-0.2, 0) is 14.4 Å². The van der Waals surface area contributed by atoms with E-state index in [0.717, 1.165) is 5.69 Å². The van der Waals surface area contributed by atoms with Gasteiger partial charge in [0.2, 0.25) is 11.8 Å². The number of fused-ring (bicyclic) bond motifs is 8. The summed E-state index contributed by atoms with van der Waals surface area (Å²) in [4.78, 5) is 58.5. The van der Waals surface area contributed by atoms with E-state index in [2.05, 4.69) is 10.3 Å². The number of hydrogen-bond donors (Lipinski definition) is 0. The molecular formula is C34H33N7O7.